The van der Waals surface area contributed by atoms with Crippen LogP contribution in [0.15, 0.2) is 127 Å². The van der Waals surface area contributed by atoms with Gasteiger partial charge >= 0.3 is 0 Å². The summed E-state index contributed by atoms with van der Waals surface area (Å²) in [6, 6.07) is 22.8. The van der Waals surface area contributed by atoms with E-state index in [-0.39, 0.29) is 58.8 Å². The van der Waals surface area contributed by atoms with E-state index in [0.29, 0.717) is 28.7 Å². The SMILES string of the molecule is COc1cc(C)c(S(=O)(=O)N(C)CCC(=O)Cc2ccc(N3CCC(c4cncn4C)CC3)cc2)c(C)c1.Cl.Cn1cncc1C1CCN(c2ccc([N+](=O)[O-])cc2)CC1.Cn1cncc1C1CCNCC1.O=[N+]([O-])c1ccc(F)cc1. The Morgan fingerprint density at radius 3 is 1.44 bits per heavy atom. The van der Waals surface area contributed by atoms with Crippen LogP contribution < -0.4 is 19.9 Å². The molecule has 0 saturated carbocycles. The van der Waals surface area contributed by atoms with E-state index in [1.54, 1.807) is 45.2 Å². The number of hydrogen-bond donors (Lipinski definition) is 1. The lowest BCUT2D eigenvalue weighted by Gasteiger charge is -2.33. The standard InChI is InChI=1S/C29H38N4O4S.C15H18N4O2.C9H15N3.C6H4FNO2.ClH/c1-21-16-27(37-5)17-22(2)29(21)38(35,36)32(4)13-12-26(34)18-23-6-8-25(9-7-23)33-14-10-24(11-15-33)28-19-30-20-31(28)3;1-17-11-16-10-15(17)12-6-8-18(9-7-12)13-2-4-14(5-3-13)19(20)21;1-12-7-11-6-9(12)8-2-4-10-5-3-8;7-5-1-3-6(4-2-5)8(9)10;/h6-9,16-17,19-20,24H,10-15,18H2,1-5H3;2-5,10-12H,6-9H2,1H3;6-8,10H,2-5H2,1H3;1-4H;1H. The molecule has 0 aliphatic carbocycles. The van der Waals surface area contributed by atoms with Gasteiger partial charge in [0.15, 0.2) is 0 Å². The first-order valence-electron chi connectivity index (χ1n) is 27.3. The van der Waals surface area contributed by atoms with Crippen LogP contribution >= 0.6 is 12.4 Å². The summed E-state index contributed by atoms with van der Waals surface area (Å²) in [5.74, 6) is 1.98. The number of nitrogens with one attached hydrogen (secondary N) is 1. The number of nitro groups is 2. The van der Waals surface area contributed by atoms with Crippen LogP contribution in [0.1, 0.15) is 96.5 Å². The molecule has 20 nitrogen and oxygen atoms in total. The molecule has 3 saturated heterocycles. The number of nitrogens with zero attached hydrogens (tertiary/aromatic N) is 11. The Kier molecular flexibility index (Phi) is 23.3. The number of sulfonamides is 1. The number of benzene rings is 4. The van der Waals surface area contributed by atoms with Gasteiger partial charge in [-0.1, -0.05) is 12.1 Å². The summed E-state index contributed by atoms with van der Waals surface area (Å²) in [4.78, 5) is 50.0. The summed E-state index contributed by atoms with van der Waals surface area (Å²) in [5.41, 5.74) is 8.44. The molecule has 7 aromatic rings. The van der Waals surface area contributed by atoms with Gasteiger partial charge in [0.25, 0.3) is 11.4 Å². The third-order valence-corrected chi connectivity index (χ3v) is 17.5. The van der Waals surface area contributed by atoms with Gasteiger partial charge in [-0.3, -0.25) is 25.0 Å². The van der Waals surface area contributed by atoms with E-state index < -0.39 is 20.8 Å². The number of carbonyl (C=O) groups is 1. The first kappa shape index (κ1) is 63.6. The van der Waals surface area contributed by atoms with Crippen molar-refractivity contribution in [3.63, 3.8) is 0 Å². The summed E-state index contributed by atoms with van der Waals surface area (Å²) in [5, 5.41) is 24.0. The molecule has 3 fully saturated rings. The van der Waals surface area contributed by atoms with E-state index in [9.17, 15) is 37.8 Å². The van der Waals surface area contributed by atoms with Gasteiger partial charge in [-0.15, -0.1) is 12.4 Å². The number of aryl methyl sites for hydroxylation is 5. The van der Waals surface area contributed by atoms with E-state index in [4.69, 9.17) is 4.74 Å². The second-order valence-electron chi connectivity index (χ2n) is 20.9. The van der Waals surface area contributed by atoms with E-state index in [0.717, 1.165) is 106 Å². The van der Waals surface area contributed by atoms with Crippen LogP contribution in [-0.4, -0.2) is 117 Å². The third kappa shape index (κ3) is 17.0. The third-order valence-electron chi connectivity index (χ3n) is 15.4. The average Bonchev–Trinajstić information content (AvgIpc) is 4.31. The van der Waals surface area contributed by atoms with Crippen LogP contribution in [0.2, 0.25) is 0 Å². The van der Waals surface area contributed by atoms with Crippen molar-refractivity contribution in [2.45, 2.75) is 87.9 Å². The number of Topliss-reactive ketones (excluding diaryl/α,β-unsaturated/α-hetero) is 1. The van der Waals surface area contributed by atoms with Crippen LogP contribution in [0.5, 0.6) is 5.75 Å². The Labute approximate surface area is 486 Å². The molecule has 0 amide bonds. The van der Waals surface area contributed by atoms with Crippen molar-refractivity contribution in [2.75, 3.05) is 69.8 Å². The van der Waals surface area contributed by atoms with Crippen molar-refractivity contribution >= 4 is 51.0 Å². The smallest absolute Gasteiger partial charge is 0.269 e. The number of piperidine rings is 3. The zero-order chi connectivity index (χ0) is 58.2. The molecule has 0 unspecified atom stereocenters. The summed E-state index contributed by atoms with van der Waals surface area (Å²) in [6.45, 7) is 9.86. The summed E-state index contributed by atoms with van der Waals surface area (Å²) >= 11 is 0. The Morgan fingerprint density at radius 2 is 1.06 bits per heavy atom. The number of halogens is 2. The van der Waals surface area contributed by atoms with Crippen LogP contribution in [0.25, 0.3) is 0 Å². The molecule has 4 aromatic carbocycles. The number of hydrogen-bond acceptors (Lipinski definition) is 14. The lowest BCUT2D eigenvalue weighted by atomic mass is 9.93. The topological polar surface area (TPSA) is 222 Å². The number of nitro benzene ring substituents is 2. The molecule has 0 spiro atoms. The Hall–Kier alpha value is -7.53. The number of methoxy groups -OCH3 is 1. The molecule has 0 atom stereocenters. The number of ether oxygens (including phenoxy) is 1. The molecule has 10 rings (SSSR count). The Balaban J connectivity index is 0.000000203. The molecular weight excluding hydrogens is 1090 g/mol. The monoisotopic (exact) mass is 1170 g/mol. The predicted molar refractivity (Wildman–Crippen MR) is 318 cm³/mol. The number of non-ortho nitro benzene ring substituents is 2. The van der Waals surface area contributed by atoms with Gasteiger partial charge in [0.1, 0.15) is 17.3 Å². The first-order chi connectivity index (χ1) is 38.8. The molecule has 0 radical (unpaired) electrons. The van der Waals surface area contributed by atoms with Crippen molar-refractivity contribution in [3.8, 4) is 5.75 Å². The fraction of sp³-hybridized carbons (Fsp3) is 0.424. The number of rotatable bonds is 15. The van der Waals surface area contributed by atoms with Crippen molar-refractivity contribution in [3.05, 3.63) is 182 Å². The average molecular weight is 1170 g/mol. The molecule has 0 bridgehead atoms. The maximum absolute atomic E-state index is 13.2. The summed E-state index contributed by atoms with van der Waals surface area (Å²) in [7, 11) is 5.52. The molecule has 6 heterocycles. The number of ketones is 1. The van der Waals surface area contributed by atoms with Gasteiger partial charge < -0.3 is 33.6 Å². The van der Waals surface area contributed by atoms with Crippen LogP contribution in [-0.2, 0) is 42.4 Å². The minimum absolute atomic E-state index is 0. The highest BCUT2D eigenvalue weighted by molar-refractivity contribution is 7.89. The normalized spacial score (nSPS) is 15.0. The maximum atomic E-state index is 13.2. The highest BCUT2D eigenvalue weighted by atomic mass is 35.5. The number of aromatic nitrogens is 6. The molecule has 440 valence electrons. The van der Waals surface area contributed by atoms with Crippen molar-refractivity contribution in [1.29, 1.82) is 0 Å². The fourth-order valence-electron chi connectivity index (χ4n) is 10.7. The zero-order valence-electron chi connectivity index (χ0n) is 47.8. The van der Waals surface area contributed by atoms with Crippen molar-refractivity contribution < 1.29 is 32.2 Å². The molecule has 23 heteroatoms. The van der Waals surface area contributed by atoms with E-state index in [2.05, 4.69) is 70.0 Å². The van der Waals surface area contributed by atoms with Crippen LogP contribution in [0.4, 0.5) is 27.1 Å². The molecule has 3 aliphatic heterocycles. The zero-order valence-corrected chi connectivity index (χ0v) is 49.4. The van der Waals surface area contributed by atoms with E-state index >= 15 is 0 Å². The van der Waals surface area contributed by atoms with Gasteiger partial charge in [0.2, 0.25) is 10.0 Å². The molecule has 82 heavy (non-hydrogen) atoms. The molecule has 1 N–H and O–H groups in total. The summed E-state index contributed by atoms with van der Waals surface area (Å²) in [6.07, 6.45) is 18.8. The number of imidazole rings is 3. The van der Waals surface area contributed by atoms with Gasteiger partial charge in [-0.25, -0.2) is 32.1 Å². The predicted octanol–water partition coefficient (Wildman–Crippen LogP) is 10.0. The number of anilines is 2. The largest absolute Gasteiger partial charge is 0.497 e. The second kappa shape index (κ2) is 30.0. The van der Waals surface area contributed by atoms with Gasteiger partial charge in [0, 0.05) is 163 Å². The fourth-order valence-corrected chi connectivity index (χ4v) is 12.3. The Bertz CT molecular complexity index is 3260. The Morgan fingerprint density at radius 1 is 0.671 bits per heavy atom. The van der Waals surface area contributed by atoms with E-state index in [1.807, 2.05) is 68.9 Å². The molecule has 3 aliphatic rings. The minimum Gasteiger partial charge on any atom is -0.497 e. The second-order valence-corrected chi connectivity index (χ2v) is 22.9. The lowest BCUT2D eigenvalue weighted by molar-refractivity contribution is -0.385. The number of carbonyl (C=O) groups excluding carboxylic acids is 1. The van der Waals surface area contributed by atoms with Gasteiger partial charge in [0.05, 0.1) is 40.8 Å². The van der Waals surface area contributed by atoms with Crippen LogP contribution in [0.3, 0.4) is 0 Å². The molecule has 3 aromatic heterocycles. The van der Waals surface area contributed by atoms with Crippen molar-refractivity contribution in [2.24, 2.45) is 21.1 Å². The highest BCUT2D eigenvalue weighted by Crippen LogP contribution is 2.33. The summed E-state index contributed by atoms with van der Waals surface area (Å²) < 4.78 is 51.4. The first-order valence-corrected chi connectivity index (χ1v) is 28.7. The maximum Gasteiger partial charge on any atom is 0.269 e. The van der Waals surface area contributed by atoms with Crippen molar-refractivity contribution in [1.82, 2.24) is 38.3 Å². The lowest BCUT2D eigenvalue weighted by Crippen LogP contribution is -2.33. The quantitative estimate of drug-likeness (QED) is 0.0746. The minimum atomic E-state index is -3.72. The van der Waals surface area contributed by atoms with Gasteiger partial charge in [-0.05, 0) is 131 Å². The molecular formula is C59H76ClFN12O8S. The highest BCUT2D eigenvalue weighted by Gasteiger charge is 2.27. The van der Waals surface area contributed by atoms with Gasteiger partial charge in [-0.2, -0.15) is 0 Å². The van der Waals surface area contributed by atoms with Crippen LogP contribution in [0, 0.1) is 39.9 Å². The van der Waals surface area contributed by atoms with E-state index in [1.165, 1.54) is 47.0 Å².